The quantitative estimate of drug-likeness (QED) is 0.517. The Bertz CT molecular complexity index is 434. The molecular weight excluding hydrogens is 376 g/mol. The second-order valence-corrected chi connectivity index (χ2v) is 5.15. The summed E-state index contributed by atoms with van der Waals surface area (Å²) in [7, 11) is 0. The van der Waals surface area contributed by atoms with Crippen LogP contribution in [0.5, 0.6) is 0 Å². The summed E-state index contributed by atoms with van der Waals surface area (Å²) in [6, 6.07) is 7.87. The van der Waals surface area contributed by atoms with E-state index in [2.05, 4.69) is 38.5 Å². The number of nitrogens with zero attached hydrogens (tertiary/aromatic N) is 1. The minimum Gasteiger partial charge on any atom is -0.193 e. The molecule has 0 aliphatic heterocycles. The first-order chi connectivity index (χ1) is 6.56. The predicted molar refractivity (Wildman–Crippen MR) is 70.9 cm³/mol. The van der Waals surface area contributed by atoms with E-state index in [9.17, 15) is 0 Å². The van der Waals surface area contributed by atoms with Crippen molar-refractivity contribution in [2.24, 2.45) is 0 Å². The van der Waals surface area contributed by atoms with Gasteiger partial charge in [0.05, 0.1) is 11.1 Å². The highest BCUT2D eigenvalue weighted by Crippen LogP contribution is 2.30. The Morgan fingerprint density at radius 1 is 1.57 bits per heavy atom. The lowest BCUT2D eigenvalue weighted by Gasteiger charge is -2.04. The molecule has 1 rings (SSSR count). The SMILES string of the molecule is C/C(C#N)=C(/Cl)c1cc(I)ccc1Br. The van der Waals surface area contributed by atoms with Crippen molar-refractivity contribution in [1.82, 2.24) is 0 Å². The Kier molecular flexibility index (Phi) is 4.42. The maximum absolute atomic E-state index is 8.72. The van der Waals surface area contributed by atoms with E-state index < -0.39 is 0 Å². The van der Waals surface area contributed by atoms with E-state index in [0.717, 1.165) is 13.6 Å². The van der Waals surface area contributed by atoms with Crippen molar-refractivity contribution in [2.75, 3.05) is 0 Å². The number of hydrogen-bond donors (Lipinski definition) is 0. The van der Waals surface area contributed by atoms with Crippen molar-refractivity contribution in [3.05, 3.63) is 37.4 Å². The van der Waals surface area contributed by atoms with Crippen LogP contribution in [0, 0.1) is 14.9 Å². The highest BCUT2D eigenvalue weighted by atomic mass is 127. The summed E-state index contributed by atoms with van der Waals surface area (Å²) < 4.78 is 1.99. The average Bonchev–Trinajstić information content (AvgIpc) is 2.19. The van der Waals surface area contributed by atoms with Gasteiger partial charge >= 0.3 is 0 Å². The maximum atomic E-state index is 8.72. The molecule has 0 N–H and O–H groups in total. The third-order valence-corrected chi connectivity index (χ3v) is 3.51. The molecule has 4 heteroatoms. The molecule has 0 bridgehead atoms. The van der Waals surface area contributed by atoms with Crippen molar-refractivity contribution in [2.45, 2.75) is 6.92 Å². The minimum atomic E-state index is 0.498. The second kappa shape index (κ2) is 5.15. The number of allylic oxidation sites excluding steroid dienone is 1. The molecule has 0 saturated heterocycles. The van der Waals surface area contributed by atoms with Crippen molar-refractivity contribution in [3.8, 4) is 6.07 Å². The summed E-state index contributed by atoms with van der Waals surface area (Å²) in [5, 5.41) is 9.22. The van der Waals surface area contributed by atoms with Crippen LogP contribution in [0.1, 0.15) is 12.5 Å². The molecular formula is C10H6BrClIN. The fourth-order valence-electron chi connectivity index (χ4n) is 0.917. The summed E-state index contributed by atoms with van der Waals surface area (Å²) >= 11 is 11.7. The number of halogens is 3. The van der Waals surface area contributed by atoms with Crippen molar-refractivity contribution in [3.63, 3.8) is 0 Å². The molecule has 0 fully saturated rings. The summed E-state index contributed by atoms with van der Waals surface area (Å²) in [6.45, 7) is 1.70. The summed E-state index contributed by atoms with van der Waals surface area (Å²) in [5.74, 6) is 0. The van der Waals surface area contributed by atoms with Crippen molar-refractivity contribution >= 4 is 55.2 Å². The number of benzene rings is 1. The highest BCUT2D eigenvalue weighted by molar-refractivity contribution is 14.1. The lowest BCUT2D eigenvalue weighted by Crippen LogP contribution is -1.84. The second-order valence-electron chi connectivity index (χ2n) is 2.67. The molecule has 72 valence electrons. The van der Waals surface area contributed by atoms with Crippen LogP contribution in [0.25, 0.3) is 5.03 Å². The molecule has 0 atom stereocenters. The van der Waals surface area contributed by atoms with E-state index in [-0.39, 0.29) is 0 Å². The van der Waals surface area contributed by atoms with E-state index in [1.54, 1.807) is 6.92 Å². The van der Waals surface area contributed by atoms with Gasteiger partial charge in [0.15, 0.2) is 0 Å². The van der Waals surface area contributed by atoms with Gasteiger partial charge in [-0.1, -0.05) is 27.5 Å². The van der Waals surface area contributed by atoms with E-state index >= 15 is 0 Å². The Hall–Kier alpha value is -0.0500. The molecule has 0 aromatic heterocycles. The molecule has 14 heavy (non-hydrogen) atoms. The number of nitriles is 1. The monoisotopic (exact) mass is 381 g/mol. The molecule has 0 unspecified atom stereocenters. The van der Waals surface area contributed by atoms with Crippen LogP contribution < -0.4 is 0 Å². The van der Waals surface area contributed by atoms with Gasteiger partial charge in [0, 0.05) is 19.2 Å². The molecule has 1 aromatic rings. The molecule has 0 aliphatic carbocycles. The summed E-state index contributed by atoms with van der Waals surface area (Å²) in [6.07, 6.45) is 0. The molecule has 0 heterocycles. The van der Waals surface area contributed by atoms with E-state index in [4.69, 9.17) is 16.9 Å². The first kappa shape index (κ1) is 12.0. The van der Waals surface area contributed by atoms with Gasteiger partial charge in [-0.15, -0.1) is 0 Å². The fourth-order valence-corrected chi connectivity index (χ4v) is 2.17. The van der Waals surface area contributed by atoms with Crippen LogP contribution in [0.2, 0.25) is 0 Å². The molecule has 0 radical (unpaired) electrons. The van der Waals surface area contributed by atoms with Crippen LogP contribution in [0.15, 0.2) is 28.2 Å². The third kappa shape index (κ3) is 2.72. The Balaban J connectivity index is 3.34. The molecule has 0 aliphatic rings. The van der Waals surface area contributed by atoms with Crippen molar-refractivity contribution < 1.29 is 0 Å². The average molecular weight is 382 g/mol. The lowest BCUT2D eigenvalue weighted by atomic mass is 10.1. The van der Waals surface area contributed by atoms with Gasteiger partial charge in [-0.3, -0.25) is 0 Å². The highest BCUT2D eigenvalue weighted by Gasteiger charge is 2.07. The Morgan fingerprint density at radius 2 is 2.21 bits per heavy atom. The summed E-state index contributed by atoms with van der Waals surface area (Å²) in [5.41, 5.74) is 1.38. The fraction of sp³-hybridized carbons (Fsp3) is 0.100. The molecule has 1 nitrogen and oxygen atoms in total. The minimum absolute atomic E-state index is 0.498. The Morgan fingerprint density at radius 3 is 2.79 bits per heavy atom. The molecule has 0 amide bonds. The summed E-state index contributed by atoms with van der Waals surface area (Å²) in [4.78, 5) is 0. The predicted octanol–water partition coefficient (Wildman–Crippen LogP) is 4.55. The lowest BCUT2D eigenvalue weighted by molar-refractivity contribution is 1.44. The molecule has 1 aromatic carbocycles. The van der Waals surface area contributed by atoms with E-state index in [1.807, 2.05) is 24.3 Å². The van der Waals surface area contributed by atoms with Gasteiger partial charge in [-0.05, 0) is 47.7 Å². The van der Waals surface area contributed by atoms with Gasteiger partial charge in [0.1, 0.15) is 0 Å². The Labute approximate surface area is 110 Å². The molecule has 0 spiro atoms. The van der Waals surface area contributed by atoms with Crippen molar-refractivity contribution in [1.29, 1.82) is 5.26 Å². The van der Waals surface area contributed by atoms with Gasteiger partial charge in [-0.2, -0.15) is 5.26 Å². The topological polar surface area (TPSA) is 23.8 Å². The zero-order valence-corrected chi connectivity index (χ0v) is 11.8. The normalized spacial score (nSPS) is 11.9. The maximum Gasteiger partial charge on any atom is 0.0959 e. The van der Waals surface area contributed by atoms with Crippen LogP contribution >= 0.6 is 50.1 Å². The number of rotatable bonds is 1. The third-order valence-electron chi connectivity index (χ3n) is 1.66. The van der Waals surface area contributed by atoms with Crippen LogP contribution in [0.3, 0.4) is 0 Å². The van der Waals surface area contributed by atoms with Crippen LogP contribution in [-0.4, -0.2) is 0 Å². The van der Waals surface area contributed by atoms with Gasteiger partial charge in [-0.25, -0.2) is 0 Å². The van der Waals surface area contributed by atoms with Crippen LogP contribution in [-0.2, 0) is 0 Å². The standard InChI is InChI=1S/C10H6BrClIN/c1-6(5-14)10(12)8-4-7(13)2-3-9(8)11/h2-4H,1H3/b10-6-. The smallest absolute Gasteiger partial charge is 0.0959 e. The first-order valence-electron chi connectivity index (χ1n) is 3.78. The largest absolute Gasteiger partial charge is 0.193 e. The van der Waals surface area contributed by atoms with Gasteiger partial charge in [0.25, 0.3) is 0 Å². The molecule has 0 saturated carbocycles. The zero-order valence-electron chi connectivity index (χ0n) is 7.31. The van der Waals surface area contributed by atoms with Gasteiger partial charge in [0.2, 0.25) is 0 Å². The zero-order chi connectivity index (χ0) is 10.7. The number of hydrogen-bond acceptors (Lipinski definition) is 1. The van der Waals surface area contributed by atoms with E-state index in [0.29, 0.717) is 10.6 Å². The van der Waals surface area contributed by atoms with E-state index in [1.165, 1.54) is 0 Å². The van der Waals surface area contributed by atoms with Gasteiger partial charge < -0.3 is 0 Å². The van der Waals surface area contributed by atoms with Crippen LogP contribution in [0.4, 0.5) is 0 Å². The first-order valence-corrected chi connectivity index (χ1v) is 6.03.